The number of halogens is 1. The van der Waals surface area contributed by atoms with Crippen molar-refractivity contribution < 1.29 is 27.6 Å². The Morgan fingerprint density at radius 2 is 1.68 bits per heavy atom. The number of hydrogen-bond donors (Lipinski definition) is 1. The predicted molar refractivity (Wildman–Crippen MR) is 134 cm³/mol. The van der Waals surface area contributed by atoms with Crippen molar-refractivity contribution in [3.8, 4) is 17.2 Å². The lowest BCUT2D eigenvalue weighted by Gasteiger charge is -2.26. The Balaban J connectivity index is 0.00000578. The van der Waals surface area contributed by atoms with E-state index in [0.717, 1.165) is 30.9 Å². The van der Waals surface area contributed by atoms with E-state index >= 15 is 0 Å². The molecule has 0 fully saturated rings. The zero-order chi connectivity index (χ0) is 24.6. The maximum atomic E-state index is 11.4. The summed E-state index contributed by atoms with van der Waals surface area (Å²) in [6.07, 6.45) is 1.76. The maximum absolute atomic E-state index is 11.4. The van der Waals surface area contributed by atoms with Crippen LogP contribution in [0, 0.1) is 10.1 Å². The van der Waals surface area contributed by atoms with E-state index in [1.165, 1.54) is 12.1 Å². The third kappa shape index (κ3) is 8.88. The second kappa shape index (κ2) is 13.2. The molecule has 0 aliphatic heterocycles. The van der Waals surface area contributed by atoms with Gasteiger partial charge >= 0.3 is 5.69 Å². The van der Waals surface area contributed by atoms with E-state index in [1.54, 1.807) is 14.2 Å². The molecular weight excluding hydrogens is 486 g/mol. The van der Waals surface area contributed by atoms with E-state index in [2.05, 4.69) is 23.5 Å². The number of nitro benzene ring substituents is 1. The van der Waals surface area contributed by atoms with E-state index in [-0.39, 0.29) is 42.2 Å². The Kier molecular flexibility index (Phi) is 11.4. The molecule has 0 atom stereocenters. The molecule has 0 spiro atoms. The average molecular weight is 518 g/mol. The first-order valence-corrected chi connectivity index (χ1v) is 12.3. The predicted octanol–water partition coefficient (Wildman–Crippen LogP) is 3.74. The van der Waals surface area contributed by atoms with Crippen LogP contribution in [0.3, 0.4) is 0 Å². The van der Waals surface area contributed by atoms with Crippen molar-refractivity contribution in [2.75, 3.05) is 44.9 Å². The van der Waals surface area contributed by atoms with Crippen LogP contribution < -0.4 is 18.9 Å². The number of nitro groups is 1. The Labute approximate surface area is 206 Å². The first-order valence-electron chi connectivity index (χ1n) is 10.4. The van der Waals surface area contributed by atoms with Crippen LogP contribution in [0.5, 0.6) is 17.2 Å². The van der Waals surface area contributed by atoms with Gasteiger partial charge in [0.25, 0.3) is 0 Å². The first kappa shape index (κ1) is 29.3. The quantitative estimate of drug-likeness (QED) is 0.315. The van der Waals surface area contributed by atoms with Crippen LogP contribution >= 0.6 is 12.4 Å². The second-order valence-corrected chi connectivity index (χ2v) is 9.48. The van der Waals surface area contributed by atoms with Crippen molar-refractivity contribution in [1.29, 1.82) is 0 Å². The summed E-state index contributed by atoms with van der Waals surface area (Å²) >= 11 is 0. The van der Waals surface area contributed by atoms with Crippen molar-refractivity contribution in [2.24, 2.45) is 0 Å². The third-order valence-electron chi connectivity index (χ3n) is 4.96. The van der Waals surface area contributed by atoms with Crippen LogP contribution in [0.15, 0.2) is 36.4 Å². The number of hydrogen-bond acceptors (Lipinski definition) is 8. The molecule has 2 rings (SSSR count). The molecule has 0 bridgehead atoms. The average Bonchev–Trinajstić information content (AvgIpc) is 2.75. The van der Waals surface area contributed by atoms with Crippen LogP contribution in [0.2, 0.25) is 0 Å². The Hall–Kier alpha value is -2.76. The van der Waals surface area contributed by atoms with Crippen LogP contribution in [0.1, 0.15) is 19.4 Å². The monoisotopic (exact) mass is 517 g/mol. The lowest BCUT2D eigenvalue weighted by molar-refractivity contribution is -0.385. The fourth-order valence-corrected chi connectivity index (χ4v) is 3.82. The number of nitrogens with zero attached hydrogens (tertiary/aromatic N) is 2. The number of anilines is 1. The van der Waals surface area contributed by atoms with Gasteiger partial charge in [-0.2, -0.15) is 0 Å². The summed E-state index contributed by atoms with van der Waals surface area (Å²) in [6, 6.07) is 10.0. The molecule has 2 aromatic rings. The van der Waals surface area contributed by atoms with Gasteiger partial charge in [-0.25, -0.2) is 8.42 Å². The van der Waals surface area contributed by atoms with Gasteiger partial charge in [0.05, 0.1) is 31.1 Å². The minimum Gasteiger partial charge on any atom is -0.493 e. The molecule has 0 amide bonds. The third-order valence-corrected chi connectivity index (χ3v) is 5.57. The first-order chi connectivity index (χ1) is 15.5. The lowest BCUT2D eigenvalue weighted by Crippen LogP contribution is -2.36. The minimum atomic E-state index is -3.54. The van der Waals surface area contributed by atoms with E-state index in [4.69, 9.17) is 14.2 Å². The van der Waals surface area contributed by atoms with Crippen molar-refractivity contribution in [1.82, 2.24) is 4.90 Å². The zero-order valence-corrected chi connectivity index (χ0v) is 21.6. The zero-order valence-electron chi connectivity index (χ0n) is 19.9. The maximum Gasteiger partial charge on any atom is 0.313 e. The van der Waals surface area contributed by atoms with Crippen LogP contribution in [0.4, 0.5) is 11.4 Å². The van der Waals surface area contributed by atoms with Crippen molar-refractivity contribution in [3.05, 3.63) is 52.1 Å². The standard InChI is InChI=1S/C22H31N3O7S.ClH/c1-16(2)24(11-10-17-6-8-21(30-3)22(14-17)31-4)12-13-32-20-9-7-18(23-33(5,28)29)15-19(20)25(26)27;/h6-9,14-16,23H,10-13H2,1-5H3;1H. The van der Waals surface area contributed by atoms with Gasteiger partial charge in [0.2, 0.25) is 10.0 Å². The molecule has 0 aromatic heterocycles. The topological polar surface area (TPSA) is 120 Å². The Morgan fingerprint density at radius 3 is 2.24 bits per heavy atom. The molecule has 190 valence electrons. The molecular formula is C22H32ClN3O7S. The molecule has 34 heavy (non-hydrogen) atoms. The SMILES string of the molecule is COc1ccc(CCN(CCOc2ccc(NS(C)(=O)=O)cc2[N+](=O)[O-])C(C)C)cc1OC.Cl. The molecule has 0 radical (unpaired) electrons. The van der Waals surface area contributed by atoms with Crippen molar-refractivity contribution in [3.63, 3.8) is 0 Å². The number of ether oxygens (including phenoxy) is 3. The van der Waals surface area contributed by atoms with E-state index in [1.807, 2.05) is 18.2 Å². The molecule has 0 heterocycles. The largest absolute Gasteiger partial charge is 0.493 e. The second-order valence-electron chi connectivity index (χ2n) is 7.73. The summed E-state index contributed by atoms with van der Waals surface area (Å²) in [6.45, 7) is 5.70. The molecule has 1 N–H and O–H groups in total. The number of methoxy groups -OCH3 is 2. The molecule has 2 aromatic carbocycles. The minimum absolute atomic E-state index is 0. The van der Waals surface area contributed by atoms with Gasteiger partial charge in [-0.05, 0) is 50.1 Å². The molecule has 0 aliphatic rings. The van der Waals surface area contributed by atoms with Crippen LogP contribution in [-0.4, -0.2) is 64.5 Å². The van der Waals surface area contributed by atoms with Gasteiger partial charge in [0, 0.05) is 25.2 Å². The highest BCUT2D eigenvalue weighted by Crippen LogP contribution is 2.30. The molecule has 0 saturated carbocycles. The van der Waals surface area contributed by atoms with Gasteiger partial charge in [0.15, 0.2) is 17.2 Å². The molecule has 0 saturated heterocycles. The fraction of sp³-hybridized carbons (Fsp3) is 0.455. The number of sulfonamides is 1. The van der Waals surface area contributed by atoms with Gasteiger partial charge in [-0.3, -0.25) is 19.7 Å². The summed E-state index contributed by atoms with van der Waals surface area (Å²) < 4.78 is 41.3. The van der Waals surface area contributed by atoms with Gasteiger partial charge in [-0.15, -0.1) is 12.4 Å². The molecule has 0 aliphatic carbocycles. The molecule has 12 heteroatoms. The Morgan fingerprint density at radius 1 is 1.03 bits per heavy atom. The van der Waals surface area contributed by atoms with E-state index in [9.17, 15) is 18.5 Å². The normalized spacial score (nSPS) is 11.1. The summed E-state index contributed by atoms with van der Waals surface area (Å²) in [7, 11) is -0.348. The molecule has 10 nitrogen and oxygen atoms in total. The fourth-order valence-electron chi connectivity index (χ4n) is 3.27. The van der Waals surface area contributed by atoms with Gasteiger partial charge < -0.3 is 14.2 Å². The van der Waals surface area contributed by atoms with Gasteiger partial charge in [0.1, 0.15) is 6.61 Å². The van der Waals surface area contributed by atoms with Gasteiger partial charge in [-0.1, -0.05) is 6.07 Å². The lowest BCUT2D eigenvalue weighted by atomic mass is 10.1. The summed E-state index contributed by atoms with van der Waals surface area (Å²) in [5, 5.41) is 11.4. The van der Waals surface area contributed by atoms with Crippen molar-refractivity contribution in [2.45, 2.75) is 26.3 Å². The summed E-state index contributed by atoms with van der Waals surface area (Å²) in [5.74, 6) is 1.44. The van der Waals surface area contributed by atoms with Crippen LogP contribution in [-0.2, 0) is 16.4 Å². The van der Waals surface area contributed by atoms with E-state index in [0.29, 0.717) is 18.0 Å². The highest BCUT2D eigenvalue weighted by molar-refractivity contribution is 7.92. The highest BCUT2D eigenvalue weighted by Gasteiger charge is 2.18. The number of benzene rings is 2. The molecule has 0 unspecified atom stereocenters. The van der Waals surface area contributed by atoms with E-state index < -0.39 is 14.9 Å². The number of rotatable bonds is 13. The summed E-state index contributed by atoms with van der Waals surface area (Å²) in [4.78, 5) is 13.0. The van der Waals surface area contributed by atoms with Crippen molar-refractivity contribution >= 4 is 33.8 Å². The Bertz CT molecular complexity index is 1060. The smallest absolute Gasteiger partial charge is 0.313 e. The number of nitrogens with one attached hydrogen (secondary N) is 1. The highest BCUT2D eigenvalue weighted by atomic mass is 35.5. The van der Waals surface area contributed by atoms with Crippen LogP contribution in [0.25, 0.3) is 0 Å². The summed E-state index contributed by atoms with van der Waals surface area (Å²) in [5.41, 5.74) is 0.907.